The summed E-state index contributed by atoms with van der Waals surface area (Å²) in [7, 11) is 0. The molecule has 1 saturated carbocycles. The molecule has 0 aliphatic heterocycles. The molecule has 2 heteroatoms. The first-order valence-corrected chi connectivity index (χ1v) is 4.23. The minimum atomic E-state index is 0. The van der Waals surface area contributed by atoms with E-state index in [9.17, 15) is 0 Å². The molecule has 0 unspecified atom stereocenters. The standard InChI is InChI=1S/C9H19N.ClH/c1-9(2,3)6-7-4-8(10)5-7;/h7-8H,4-6,10H2,1-3H3;1H. The maximum absolute atomic E-state index is 5.69. The zero-order chi connectivity index (χ0) is 7.78. The molecule has 0 aromatic rings. The Labute approximate surface area is 76.1 Å². The maximum Gasteiger partial charge on any atom is 0.00441 e. The molecule has 0 spiro atoms. The van der Waals surface area contributed by atoms with Crippen molar-refractivity contribution in [3.05, 3.63) is 0 Å². The largest absolute Gasteiger partial charge is 0.328 e. The van der Waals surface area contributed by atoms with Gasteiger partial charge in [-0.05, 0) is 30.6 Å². The van der Waals surface area contributed by atoms with Gasteiger partial charge in [0.05, 0.1) is 0 Å². The lowest BCUT2D eigenvalue weighted by Gasteiger charge is -2.36. The van der Waals surface area contributed by atoms with E-state index < -0.39 is 0 Å². The summed E-state index contributed by atoms with van der Waals surface area (Å²) in [5.74, 6) is 0.926. The van der Waals surface area contributed by atoms with Crippen LogP contribution in [0.2, 0.25) is 0 Å². The first-order chi connectivity index (χ1) is 4.47. The molecular weight excluding hydrogens is 158 g/mol. The van der Waals surface area contributed by atoms with Crippen molar-refractivity contribution >= 4 is 12.4 Å². The molecule has 0 heterocycles. The molecule has 1 rings (SSSR count). The smallest absolute Gasteiger partial charge is 0.00441 e. The number of rotatable bonds is 1. The summed E-state index contributed by atoms with van der Waals surface area (Å²) >= 11 is 0. The fourth-order valence-corrected chi connectivity index (χ4v) is 1.82. The van der Waals surface area contributed by atoms with Gasteiger partial charge in [-0.1, -0.05) is 20.8 Å². The van der Waals surface area contributed by atoms with Crippen molar-refractivity contribution in [1.29, 1.82) is 0 Å². The Morgan fingerprint density at radius 2 is 1.73 bits per heavy atom. The average Bonchev–Trinajstić information content (AvgIpc) is 1.57. The zero-order valence-corrected chi connectivity index (χ0v) is 8.58. The third-order valence-corrected chi connectivity index (χ3v) is 2.17. The van der Waals surface area contributed by atoms with Gasteiger partial charge in [0.25, 0.3) is 0 Å². The normalized spacial score (nSPS) is 30.5. The first-order valence-electron chi connectivity index (χ1n) is 4.23. The lowest BCUT2D eigenvalue weighted by Crippen LogP contribution is -2.37. The predicted molar refractivity (Wildman–Crippen MR) is 52.0 cm³/mol. The summed E-state index contributed by atoms with van der Waals surface area (Å²) < 4.78 is 0. The summed E-state index contributed by atoms with van der Waals surface area (Å²) in [4.78, 5) is 0. The Bertz CT molecular complexity index is 111. The number of nitrogens with two attached hydrogens (primary N) is 1. The molecule has 2 N–H and O–H groups in total. The predicted octanol–water partition coefficient (Wildman–Crippen LogP) is 2.58. The van der Waals surface area contributed by atoms with Gasteiger partial charge < -0.3 is 5.73 Å². The molecule has 0 saturated heterocycles. The van der Waals surface area contributed by atoms with Crippen LogP contribution in [0.25, 0.3) is 0 Å². The minimum absolute atomic E-state index is 0. The summed E-state index contributed by atoms with van der Waals surface area (Å²) in [6.45, 7) is 6.91. The highest BCUT2D eigenvalue weighted by atomic mass is 35.5. The van der Waals surface area contributed by atoms with Gasteiger partial charge in [0, 0.05) is 6.04 Å². The summed E-state index contributed by atoms with van der Waals surface area (Å²) in [6.07, 6.45) is 3.87. The molecule has 0 amide bonds. The second-order valence-corrected chi connectivity index (χ2v) is 4.86. The fraction of sp³-hybridized carbons (Fsp3) is 1.00. The van der Waals surface area contributed by atoms with Crippen LogP contribution in [0.5, 0.6) is 0 Å². The van der Waals surface area contributed by atoms with Crippen molar-refractivity contribution in [3.8, 4) is 0 Å². The van der Waals surface area contributed by atoms with Crippen LogP contribution in [0.4, 0.5) is 0 Å². The van der Waals surface area contributed by atoms with Crippen molar-refractivity contribution in [2.75, 3.05) is 0 Å². The van der Waals surface area contributed by atoms with E-state index in [-0.39, 0.29) is 12.4 Å². The third kappa shape index (κ3) is 3.97. The molecule has 0 atom stereocenters. The molecule has 68 valence electrons. The van der Waals surface area contributed by atoms with Crippen LogP contribution < -0.4 is 5.73 Å². The van der Waals surface area contributed by atoms with E-state index in [1.165, 1.54) is 19.3 Å². The Balaban J connectivity index is 0.000001000. The van der Waals surface area contributed by atoms with Gasteiger partial charge >= 0.3 is 0 Å². The lowest BCUT2D eigenvalue weighted by atomic mass is 9.72. The van der Waals surface area contributed by atoms with Crippen LogP contribution >= 0.6 is 12.4 Å². The van der Waals surface area contributed by atoms with E-state index in [4.69, 9.17) is 5.73 Å². The monoisotopic (exact) mass is 177 g/mol. The van der Waals surface area contributed by atoms with Crippen molar-refractivity contribution in [1.82, 2.24) is 0 Å². The van der Waals surface area contributed by atoms with Gasteiger partial charge in [0.2, 0.25) is 0 Å². The molecule has 11 heavy (non-hydrogen) atoms. The van der Waals surface area contributed by atoms with Gasteiger partial charge in [-0.2, -0.15) is 0 Å². The molecule has 1 aliphatic rings. The van der Waals surface area contributed by atoms with E-state index in [2.05, 4.69) is 20.8 Å². The van der Waals surface area contributed by atoms with E-state index in [1.54, 1.807) is 0 Å². The van der Waals surface area contributed by atoms with E-state index in [0.29, 0.717) is 11.5 Å². The molecule has 0 radical (unpaired) electrons. The number of hydrogen-bond acceptors (Lipinski definition) is 1. The second kappa shape index (κ2) is 3.77. The number of hydrogen-bond donors (Lipinski definition) is 1. The van der Waals surface area contributed by atoms with Crippen LogP contribution in [0.1, 0.15) is 40.0 Å². The number of halogens is 1. The topological polar surface area (TPSA) is 26.0 Å². The van der Waals surface area contributed by atoms with Crippen LogP contribution in [-0.2, 0) is 0 Å². The van der Waals surface area contributed by atoms with Gasteiger partial charge in [-0.15, -0.1) is 12.4 Å². The molecule has 1 nitrogen and oxygen atoms in total. The van der Waals surface area contributed by atoms with Crippen molar-refractivity contribution in [2.24, 2.45) is 17.1 Å². The lowest BCUT2D eigenvalue weighted by molar-refractivity contribution is 0.182. The quantitative estimate of drug-likeness (QED) is 0.655. The van der Waals surface area contributed by atoms with Crippen molar-refractivity contribution in [2.45, 2.75) is 46.1 Å². The SMILES string of the molecule is CC(C)(C)CC1CC(N)C1.Cl. The second-order valence-electron chi connectivity index (χ2n) is 4.86. The van der Waals surface area contributed by atoms with Gasteiger partial charge in [-0.25, -0.2) is 0 Å². The Kier molecular flexibility index (Phi) is 3.86. The summed E-state index contributed by atoms with van der Waals surface area (Å²) in [5, 5.41) is 0. The van der Waals surface area contributed by atoms with Gasteiger partial charge in [0.15, 0.2) is 0 Å². The van der Waals surface area contributed by atoms with E-state index in [0.717, 1.165) is 5.92 Å². The Morgan fingerprint density at radius 1 is 1.27 bits per heavy atom. The average molecular weight is 178 g/mol. The zero-order valence-electron chi connectivity index (χ0n) is 7.76. The molecule has 1 aliphatic carbocycles. The van der Waals surface area contributed by atoms with Crippen LogP contribution in [-0.4, -0.2) is 6.04 Å². The Hall–Kier alpha value is 0.250. The molecular formula is C9H20ClN. The summed E-state index contributed by atoms with van der Waals surface area (Å²) in [5.41, 5.74) is 6.19. The van der Waals surface area contributed by atoms with Crippen molar-refractivity contribution in [3.63, 3.8) is 0 Å². The van der Waals surface area contributed by atoms with Crippen molar-refractivity contribution < 1.29 is 0 Å². The van der Waals surface area contributed by atoms with Gasteiger partial charge in [-0.3, -0.25) is 0 Å². The van der Waals surface area contributed by atoms with Crippen LogP contribution in [0.15, 0.2) is 0 Å². The molecule has 1 fully saturated rings. The Morgan fingerprint density at radius 3 is 2.00 bits per heavy atom. The minimum Gasteiger partial charge on any atom is -0.328 e. The van der Waals surface area contributed by atoms with Crippen LogP contribution in [0.3, 0.4) is 0 Å². The first kappa shape index (κ1) is 11.2. The highest BCUT2D eigenvalue weighted by Gasteiger charge is 2.29. The highest BCUT2D eigenvalue weighted by Crippen LogP contribution is 2.36. The molecule has 0 aromatic carbocycles. The van der Waals surface area contributed by atoms with E-state index in [1.807, 2.05) is 0 Å². The van der Waals surface area contributed by atoms with Crippen LogP contribution in [0, 0.1) is 11.3 Å². The summed E-state index contributed by atoms with van der Waals surface area (Å²) in [6, 6.07) is 0.521. The van der Waals surface area contributed by atoms with Gasteiger partial charge in [0.1, 0.15) is 0 Å². The highest BCUT2D eigenvalue weighted by molar-refractivity contribution is 5.85. The van der Waals surface area contributed by atoms with E-state index >= 15 is 0 Å². The molecule has 0 aromatic heterocycles. The third-order valence-electron chi connectivity index (χ3n) is 2.17. The fourth-order valence-electron chi connectivity index (χ4n) is 1.82. The maximum atomic E-state index is 5.69. The molecule has 0 bridgehead atoms.